The van der Waals surface area contributed by atoms with Crippen LogP contribution in [0.3, 0.4) is 0 Å². The Balaban J connectivity index is 1.47. The Morgan fingerprint density at radius 1 is 1.12 bits per heavy atom. The molecule has 32 heavy (non-hydrogen) atoms. The lowest BCUT2D eigenvalue weighted by Gasteiger charge is -2.28. The van der Waals surface area contributed by atoms with Crippen LogP contribution in [0.1, 0.15) is 29.2 Å². The summed E-state index contributed by atoms with van der Waals surface area (Å²) in [6.45, 7) is 1.10. The molecule has 0 bridgehead atoms. The molecule has 3 aromatic carbocycles. The summed E-state index contributed by atoms with van der Waals surface area (Å²) in [6, 6.07) is 24.0. The standard InChI is InChI=1S/C26H24N2O3S/c1-30-20-11-12-22-24(15-20)32-26(27-22)28(17-18-7-3-2-4-8-18)25(29)16-23-21-10-6-5-9-19(21)13-14-31-23/h2-12,15,23H,13-14,16-17H2,1H3. The number of hydrogen-bond acceptors (Lipinski definition) is 5. The topological polar surface area (TPSA) is 51.7 Å². The predicted octanol–water partition coefficient (Wildman–Crippen LogP) is 5.54. The molecule has 0 radical (unpaired) electrons. The van der Waals surface area contributed by atoms with Crippen LogP contribution < -0.4 is 9.64 Å². The molecule has 1 aliphatic rings. The van der Waals surface area contributed by atoms with Gasteiger partial charge in [0.15, 0.2) is 5.13 Å². The molecule has 6 heteroatoms. The Morgan fingerprint density at radius 2 is 1.94 bits per heavy atom. The number of rotatable bonds is 6. The van der Waals surface area contributed by atoms with E-state index in [9.17, 15) is 4.79 Å². The number of amides is 1. The monoisotopic (exact) mass is 444 g/mol. The van der Waals surface area contributed by atoms with Crippen molar-refractivity contribution in [2.24, 2.45) is 0 Å². The summed E-state index contributed by atoms with van der Waals surface area (Å²) in [5.41, 5.74) is 4.29. The minimum absolute atomic E-state index is 0.00146. The molecule has 0 spiro atoms. The Bertz CT molecular complexity index is 1240. The van der Waals surface area contributed by atoms with Crippen LogP contribution >= 0.6 is 11.3 Å². The molecule has 162 valence electrons. The average molecular weight is 445 g/mol. The number of thiazole rings is 1. The Labute approximate surface area is 191 Å². The first-order chi connectivity index (χ1) is 15.7. The first-order valence-electron chi connectivity index (χ1n) is 10.7. The molecule has 0 aliphatic carbocycles. The first-order valence-corrected chi connectivity index (χ1v) is 11.5. The number of anilines is 1. The minimum Gasteiger partial charge on any atom is -0.497 e. The van der Waals surface area contributed by atoms with Crippen LogP contribution in [-0.4, -0.2) is 24.6 Å². The lowest BCUT2D eigenvalue weighted by Crippen LogP contribution is -2.32. The molecule has 5 rings (SSSR count). The SMILES string of the molecule is COc1ccc2nc(N(Cc3ccccc3)C(=O)CC3OCCc4ccccc43)sc2c1. The maximum atomic E-state index is 13.6. The molecule has 1 aromatic heterocycles. The summed E-state index contributed by atoms with van der Waals surface area (Å²) in [5, 5.41) is 0.686. The van der Waals surface area contributed by atoms with Crippen LogP contribution in [-0.2, 0) is 22.5 Å². The molecule has 1 atom stereocenters. The highest BCUT2D eigenvalue weighted by atomic mass is 32.1. The number of methoxy groups -OCH3 is 1. The highest BCUT2D eigenvalue weighted by molar-refractivity contribution is 7.22. The molecule has 4 aromatic rings. The van der Waals surface area contributed by atoms with Crippen molar-refractivity contribution in [3.05, 3.63) is 89.5 Å². The quantitative estimate of drug-likeness (QED) is 0.392. The molecule has 1 unspecified atom stereocenters. The first kappa shape index (κ1) is 20.7. The zero-order valence-electron chi connectivity index (χ0n) is 17.9. The van der Waals surface area contributed by atoms with Crippen molar-refractivity contribution in [2.45, 2.75) is 25.5 Å². The molecule has 0 saturated carbocycles. The van der Waals surface area contributed by atoms with Gasteiger partial charge in [-0.05, 0) is 41.3 Å². The van der Waals surface area contributed by atoms with Gasteiger partial charge in [0.1, 0.15) is 5.75 Å². The highest BCUT2D eigenvalue weighted by Gasteiger charge is 2.28. The van der Waals surface area contributed by atoms with E-state index in [4.69, 9.17) is 14.5 Å². The summed E-state index contributed by atoms with van der Waals surface area (Å²) >= 11 is 1.50. The molecule has 0 saturated heterocycles. The number of aromatic nitrogens is 1. The fourth-order valence-electron chi connectivity index (χ4n) is 4.08. The smallest absolute Gasteiger partial charge is 0.232 e. The molecule has 0 fully saturated rings. The van der Waals surface area contributed by atoms with Gasteiger partial charge in [0, 0.05) is 0 Å². The van der Waals surface area contributed by atoms with Crippen molar-refractivity contribution in [1.29, 1.82) is 0 Å². The fourth-order valence-corrected chi connectivity index (χ4v) is 5.09. The van der Waals surface area contributed by atoms with Crippen LogP contribution in [0.25, 0.3) is 10.2 Å². The lowest BCUT2D eigenvalue weighted by atomic mass is 9.95. The van der Waals surface area contributed by atoms with Crippen molar-refractivity contribution >= 4 is 32.6 Å². The van der Waals surface area contributed by atoms with Crippen molar-refractivity contribution in [3.63, 3.8) is 0 Å². The van der Waals surface area contributed by atoms with E-state index in [1.807, 2.05) is 60.7 Å². The Morgan fingerprint density at radius 3 is 2.78 bits per heavy atom. The van der Waals surface area contributed by atoms with Crippen LogP contribution in [0.5, 0.6) is 5.75 Å². The van der Waals surface area contributed by atoms with Gasteiger partial charge in [-0.2, -0.15) is 0 Å². The van der Waals surface area contributed by atoms with E-state index >= 15 is 0 Å². The second kappa shape index (κ2) is 9.10. The summed E-state index contributed by atoms with van der Waals surface area (Å²) in [5.74, 6) is 0.780. The van der Waals surface area contributed by atoms with Crippen molar-refractivity contribution in [3.8, 4) is 5.75 Å². The molecule has 0 N–H and O–H groups in total. The van der Waals surface area contributed by atoms with Gasteiger partial charge < -0.3 is 9.47 Å². The van der Waals surface area contributed by atoms with Gasteiger partial charge in [0.25, 0.3) is 0 Å². The molecular formula is C26H24N2O3S. The van der Waals surface area contributed by atoms with Crippen molar-refractivity contribution < 1.29 is 14.3 Å². The van der Waals surface area contributed by atoms with Crippen LogP contribution in [0, 0.1) is 0 Å². The zero-order valence-corrected chi connectivity index (χ0v) is 18.7. The van der Waals surface area contributed by atoms with Gasteiger partial charge >= 0.3 is 0 Å². The number of benzene rings is 3. The number of carbonyl (C=O) groups is 1. The zero-order chi connectivity index (χ0) is 21.9. The molecule has 2 heterocycles. The van der Waals surface area contributed by atoms with E-state index in [0.29, 0.717) is 18.3 Å². The third-order valence-corrected chi connectivity index (χ3v) is 6.79. The normalized spacial score (nSPS) is 15.3. The van der Waals surface area contributed by atoms with Crippen LogP contribution in [0.2, 0.25) is 0 Å². The van der Waals surface area contributed by atoms with Crippen LogP contribution in [0.15, 0.2) is 72.8 Å². The van der Waals surface area contributed by atoms with E-state index < -0.39 is 0 Å². The maximum Gasteiger partial charge on any atom is 0.232 e. The molecular weight excluding hydrogens is 420 g/mol. The summed E-state index contributed by atoms with van der Waals surface area (Å²) < 4.78 is 12.4. The van der Waals surface area contributed by atoms with Crippen molar-refractivity contribution in [2.75, 3.05) is 18.6 Å². The number of carbonyl (C=O) groups excluding carboxylic acids is 1. The van der Waals surface area contributed by atoms with E-state index in [1.54, 1.807) is 12.0 Å². The number of nitrogens with zero attached hydrogens (tertiary/aromatic N) is 2. The maximum absolute atomic E-state index is 13.6. The molecule has 5 nitrogen and oxygen atoms in total. The number of ether oxygens (including phenoxy) is 2. The Kier molecular flexibility index (Phi) is 5.88. The molecule has 1 amide bonds. The van der Waals surface area contributed by atoms with Gasteiger partial charge in [0.05, 0.1) is 43.0 Å². The van der Waals surface area contributed by atoms with Gasteiger partial charge in [-0.25, -0.2) is 4.98 Å². The summed E-state index contributed by atoms with van der Waals surface area (Å²) in [4.78, 5) is 20.2. The Hall–Kier alpha value is -3.22. The average Bonchev–Trinajstić information content (AvgIpc) is 3.26. The predicted molar refractivity (Wildman–Crippen MR) is 127 cm³/mol. The van der Waals surface area contributed by atoms with E-state index in [0.717, 1.165) is 33.5 Å². The summed E-state index contributed by atoms with van der Waals surface area (Å²) in [7, 11) is 1.65. The number of fused-ring (bicyclic) bond motifs is 2. The molecule has 1 aliphatic heterocycles. The summed E-state index contributed by atoms with van der Waals surface area (Å²) in [6.07, 6.45) is 0.928. The fraction of sp³-hybridized carbons (Fsp3) is 0.231. The van der Waals surface area contributed by atoms with E-state index in [1.165, 1.54) is 16.9 Å². The third-order valence-electron chi connectivity index (χ3n) is 5.75. The minimum atomic E-state index is -0.236. The largest absolute Gasteiger partial charge is 0.497 e. The van der Waals surface area contributed by atoms with E-state index in [2.05, 4.69) is 12.1 Å². The van der Waals surface area contributed by atoms with E-state index in [-0.39, 0.29) is 18.4 Å². The van der Waals surface area contributed by atoms with Gasteiger partial charge in [0.2, 0.25) is 5.91 Å². The van der Waals surface area contributed by atoms with Crippen LogP contribution in [0.4, 0.5) is 5.13 Å². The van der Waals surface area contributed by atoms with Gasteiger partial charge in [-0.15, -0.1) is 0 Å². The van der Waals surface area contributed by atoms with Gasteiger partial charge in [-0.3, -0.25) is 9.69 Å². The van der Waals surface area contributed by atoms with Gasteiger partial charge in [-0.1, -0.05) is 65.9 Å². The second-order valence-corrected chi connectivity index (χ2v) is 8.82. The third kappa shape index (κ3) is 4.24. The van der Waals surface area contributed by atoms with Crippen molar-refractivity contribution in [1.82, 2.24) is 4.98 Å². The lowest BCUT2D eigenvalue weighted by molar-refractivity contribution is -0.122. The number of hydrogen-bond donors (Lipinski definition) is 0. The second-order valence-electron chi connectivity index (χ2n) is 7.81. The highest BCUT2D eigenvalue weighted by Crippen LogP contribution is 2.35.